The van der Waals surface area contributed by atoms with Crippen LogP contribution in [0, 0.1) is 13.8 Å². The minimum Gasteiger partial charge on any atom is -0.497 e. The summed E-state index contributed by atoms with van der Waals surface area (Å²) in [5.74, 6) is 0.886. The molecule has 3 heteroatoms. The van der Waals surface area contributed by atoms with Gasteiger partial charge in [-0.3, -0.25) is 4.98 Å². The number of hydrogen-bond acceptors (Lipinski definition) is 3. The van der Waals surface area contributed by atoms with Gasteiger partial charge in [-0.15, -0.1) is 0 Å². The maximum atomic E-state index is 5.20. The van der Waals surface area contributed by atoms with Gasteiger partial charge in [0.1, 0.15) is 5.75 Å². The Morgan fingerprint density at radius 3 is 2.35 bits per heavy atom. The van der Waals surface area contributed by atoms with Gasteiger partial charge in [0.15, 0.2) is 0 Å². The number of aromatic nitrogens is 1. The molecule has 1 aromatic carbocycles. The molecule has 106 valence electrons. The third kappa shape index (κ3) is 3.29. The number of ether oxygens (including phenoxy) is 1. The first kappa shape index (κ1) is 14.4. The van der Waals surface area contributed by atoms with Crippen LogP contribution < -0.4 is 10.1 Å². The number of hydrogen-bond donors (Lipinski definition) is 1. The highest BCUT2D eigenvalue weighted by molar-refractivity contribution is 5.50. The third-order valence-electron chi connectivity index (χ3n) is 3.48. The van der Waals surface area contributed by atoms with Gasteiger partial charge < -0.3 is 10.1 Å². The SMILES string of the molecule is CCC(Nc1ccc(C)nc1C)c1ccc(OC)cc1. The molecule has 1 aromatic heterocycles. The molecule has 1 atom stereocenters. The van der Waals surface area contributed by atoms with E-state index in [1.54, 1.807) is 7.11 Å². The lowest BCUT2D eigenvalue weighted by Gasteiger charge is -2.20. The van der Waals surface area contributed by atoms with E-state index in [2.05, 4.69) is 35.4 Å². The Morgan fingerprint density at radius 1 is 1.10 bits per heavy atom. The summed E-state index contributed by atoms with van der Waals surface area (Å²) in [5, 5.41) is 3.57. The first-order chi connectivity index (χ1) is 9.63. The van der Waals surface area contributed by atoms with Crippen molar-refractivity contribution >= 4 is 5.69 Å². The molecule has 2 aromatic rings. The number of nitrogens with one attached hydrogen (secondary N) is 1. The number of nitrogens with zero attached hydrogens (tertiary/aromatic N) is 1. The fourth-order valence-corrected chi connectivity index (χ4v) is 2.28. The average Bonchev–Trinajstić information content (AvgIpc) is 2.47. The fraction of sp³-hybridized carbons (Fsp3) is 0.353. The Morgan fingerprint density at radius 2 is 1.80 bits per heavy atom. The van der Waals surface area contributed by atoms with Gasteiger partial charge in [0.2, 0.25) is 0 Å². The van der Waals surface area contributed by atoms with Crippen molar-refractivity contribution in [2.24, 2.45) is 0 Å². The predicted octanol–water partition coefficient (Wildman–Crippen LogP) is 4.27. The molecule has 0 aliphatic rings. The molecule has 0 aliphatic carbocycles. The maximum Gasteiger partial charge on any atom is 0.118 e. The number of pyridine rings is 1. The number of anilines is 1. The first-order valence-corrected chi connectivity index (χ1v) is 6.98. The molecular formula is C17H22N2O. The minimum absolute atomic E-state index is 0.282. The topological polar surface area (TPSA) is 34.2 Å². The lowest BCUT2D eigenvalue weighted by atomic mass is 10.0. The van der Waals surface area contributed by atoms with Crippen LogP contribution in [0.1, 0.15) is 36.3 Å². The second-order valence-electron chi connectivity index (χ2n) is 4.96. The average molecular weight is 270 g/mol. The Labute approximate surface area is 121 Å². The van der Waals surface area contributed by atoms with Crippen molar-refractivity contribution in [2.75, 3.05) is 12.4 Å². The summed E-state index contributed by atoms with van der Waals surface area (Å²) in [6.45, 7) is 6.23. The van der Waals surface area contributed by atoms with Gasteiger partial charge in [-0.05, 0) is 50.1 Å². The Bertz CT molecular complexity index is 564. The van der Waals surface area contributed by atoms with Crippen molar-refractivity contribution in [3.63, 3.8) is 0 Å². The van der Waals surface area contributed by atoms with Crippen LogP contribution in [0.3, 0.4) is 0 Å². The van der Waals surface area contributed by atoms with Gasteiger partial charge in [0.05, 0.1) is 24.5 Å². The summed E-state index contributed by atoms with van der Waals surface area (Å²) in [4.78, 5) is 4.50. The van der Waals surface area contributed by atoms with Gasteiger partial charge in [-0.2, -0.15) is 0 Å². The second kappa shape index (κ2) is 6.42. The van der Waals surface area contributed by atoms with E-state index in [0.717, 1.165) is 29.2 Å². The molecule has 0 bridgehead atoms. The summed E-state index contributed by atoms with van der Waals surface area (Å²) in [5.41, 5.74) is 4.44. The fourth-order valence-electron chi connectivity index (χ4n) is 2.28. The lowest BCUT2D eigenvalue weighted by Crippen LogP contribution is -2.11. The quantitative estimate of drug-likeness (QED) is 0.881. The maximum absolute atomic E-state index is 5.20. The molecule has 1 heterocycles. The van der Waals surface area contributed by atoms with Crippen molar-refractivity contribution in [1.29, 1.82) is 0 Å². The summed E-state index contributed by atoms with van der Waals surface area (Å²) < 4.78 is 5.20. The molecule has 1 N–H and O–H groups in total. The van der Waals surface area contributed by atoms with Crippen LogP contribution >= 0.6 is 0 Å². The van der Waals surface area contributed by atoms with Crippen LogP contribution in [-0.4, -0.2) is 12.1 Å². The minimum atomic E-state index is 0.282. The van der Waals surface area contributed by atoms with Crippen LogP contribution in [0.25, 0.3) is 0 Å². The van der Waals surface area contributed by atoms with Crippen LogP contribution in [0.2, 0.25) is 0 Å². The summed E-state index contributed by atoms with van der Waals surface area (Å²) >= 11 is 0. The van der Waals surface area contributed by atoms with Crippen molar-refractivity contribution < 1.29 is 4.74 Å². The Hall–Kier alpha value is -2.03. The lowest BCUT2D eigenvalue weighted by molar-refractivity contribution is 0.414. The highest BCUT2D eigenvalue weighted by Crippen LogP contribution is 2.25. The summed E-state index contributed by atoms with van der Waals surface area (Å²) in [6.07, 6.45) is 1.01. The number of benzene rings is 1. The van der Waals surface area contributed by atoms with Crippen LogP contribution in [-0.2, 0) is 0 Å². The third-order valence-corrected chi connectivity index (χ3v) is 3.48. The van der Waals surface area contributed by atoms with Crippen LogP contribution in [0.15, 0.2) is 36.4 Å². The number of aryl methyl sites for hydroxylation is 2. The largest absolute Gasteiger partial charge is 0.497 e. The zero-order chi connectivity index (χ0) is 14.5. The Kier molecular flexibility index (Phi) is 4.61. The molecule has 0 saturated carbocycles. The van der Waals surface area contributed by atoms with Crippen molar-refractivity contribution in [3.05, 3.63) is 53.3 Å². The highest BCUT2D eigenvalue weighted by Gasteiger charge is 2.11. The second-order valence-corrected chi connectivity index (χ2v) is 4.96. The van der Waals surface area contributed by atoms with Gasteiger partial charge in [-0.25, -0.2) is 0 Å². The normalized spacial score (nSPS) is 12.0. The first-order valence-electron chi connectivity index (χ1n) is 6.98. The molecule has 0 aliphatic heterocycles. The zero-order valence-electron chi connectivity index (χ0n) is 12.6. The summed E-state index contributed by atoms with van der Waals surface area (Å²) in [7, 11) is 1.69. The summed E-state index contributed by atoms with van der Waals surface area (Å²) in [6, 6.07) is 12.6. The molecule has 0 spiro atoms. The van der Waals surface area contributed by atoms with E-state index in [9.17, 15) is 0 Å². The molecule has 0 fully saturated rings. The van der Waals surface area contributed by atoms with Gasteiger partial charge in [0.25, 0.3) is 0 Å². The van der Waals surface area contributed by atoms with Crippen molar-refractivity contribution in [2.45, 2.75) is 33.2 Å². The molecule has 0 radical (unpaired) electrons. The van der Waals surface area contributed by atoms with Gasteiger partial charge in [-0.1, -0.05) is 19.1 Å². The smallest absolute Gasteiger partial charge is 0.118 e. The van der Waals surface area contributed by atoms with E-state index in [1.165, 1.54) is 5.56 Å². The van der Waals surface area contributed by atoms with E-state index >= 15 is 0 Å². The predicted molar refractivity (Wildman–Crippen MR) is 83.4 cm³/mol. The van der Waals surface area contributed by atoms with Crippen LogP contribution in [0.5, 0.6) is 5.75 Å². The monoisotopic (exact) mass is 270 g/mol. The molecule has 0 amide bonds. The molecule has 2 rings (SSSR count). The van der Waals surface area contributed by atoms with Crippen LogP contribution in [0.4, 0.5) is 5.69 Å². The van der Waals surface area contributed by atoms with Crippen molar-refractivity contribution in [1.82, 2.24) is 4.98 Å². The molecule has 1 unspecified atom stereocenters. The molecule has 3 nitrogen and oxygen atoms in total. The highest BCUT2D eigenvalue weighted by atomic mass is 16.5. The van der Waals surface area contributed by atoms with E-state index in [0.29, 0.717) is 0 Å². The van der Waals surface area contributed by atoms with E-state index in [1.807, 2.05) is 32.0 Å². The molecule has 0 saturated heterocycles. The Balaban J connectivity index is 2.19. The van der Waals surface area contributed by atoms with E-state index in [-0.39, 0.29) is 6.04 Å². The van der Waals surface area contributed by atoms with Gasteiger partial charge >= 0.3 is 0 Å². The standard InChI is InChI=1S/C17H22N2O/c1-5-16(14-7-9-15(20-4)10-8-14)19-17-11-6-12(2)18-13(17)3/h6-11,16,19H,5H2,1-4H3. The number of rotatable bonds is 5. The van der Waals surface area contributed by atoms with E-state index < -0.39 is 0 Å². The zero-order valence-corrected chi connectivity index (χ0v) is 12.6. The van der Waals surface area contributed by atoms with Crippen molar-refractivity contribution in [3.8, 4) is 5.75 Å². The van der Waals surface area contributed by atoms with E-state index in [4.69, 9.17) is 4.74 Å². The molecule has 20 heavy (non-hydrogen) atoms. The van der Waals surface area contributed by atoms with Gasteiger partial charge in [0, 0.05) is 5.69 Å². The number of methoxy groups -OCH3 is 1. The molecular weight excluding hydrogens is 248 g/mol.